The highest BCUT2D eigenvalue weighted by atomic mass is 16.6. The van der Waals surface area contributed by atoms with E-state index < -0.39 is 11.7 Å². The van der Waals surface area contributed by atoms with E-state index in [-0.39, 0.29) is 6.04 Å². The monoisotopic (exact) mass is 302 g/mol. The van der Waals surface area contributed by atoms with Crippen LogP contribution in [0.1, 0.15) is 26.5 Å². The van der Waals surface area contributed by atoms with Crippen LogP contribution < -0.4 is 11.1 Å². The molecule has 1 unspecified atom stereocenters. The fourth-order valence-electron chi connectivity index (χ4n) is 1.96. The molecule has 0 bridgehead atoms. The fourth-order valence-corrected chi connectivity index (χ4v) is 1.96. The van der Waals surface area contributed by atoms with Crippen molar-refractivity contribution >= 4 is 17.1 Å². The minimum atomic E-state index is -0.516. The standard InChI is InChI=1S/C16H22N4O2/c1-16(2,3)22-15(21)19-9-11(17)8-12-10-18-13-6-4-5-7-14(13)20-12/h4-7,10-11H,8-9,17H2,1-3H3,(H,19,21). The SMILES string of the molecule is CC(C)(C)OC(=O)NCC(N)Cc1cnc2ccccc2n1. The van der Waals surface area contributed by atoms with E-state index in [0.717, 1.165) is 16.7 Å². The van der Waals surface area contributed by atoms with Gasteiger partial charge in [0.25, 0.3) is 0 Å². The van der Waals surface area contributed by atoms with Crippen LogP contribution >= 0.6 is 0 Å². The molecular weight excluding hydrogens is 280 g/mol. The van der Waals surface area contributed by atoms with E-state index >= 15 is 0 Å². The molecule has 6 heteroatoms. The van der Waals surface area contributed by atoms with Gasteiger partial charge in [0.2, 0.25) is 0 Å². The van der Waals surface area contributed by atoms with Gasteiger partial charge in [0, 0.05) is 25.2 Å². The Bertz CT molecular complexity index is 652. The predicted octanol–water partition coefficient (Wildman–Crippen LogP) is 2.02. The van der Waals surface area contributed by atoms with E-state index in [1.807, 2.05) is 45.0 Å². The van der Waals surface area contributed by atoms with Gasteiger partial charge < -0.3 is 15.8 Å². The molecule has 0 aliphatic carbocycles. The lowest BCUT2D eigenvalue weighted by atomic mass is 10.1. The number of carbonyl (C=O) groups is 1. The summed E-state index contributed by atoms with van der Waals surface area (Å²) in [7, 11) is 0. The Hall–Kier alpha value is -2.21. The molecule has 118 valence electrons. The third-order valence-corrected chi connectivity index (χ3v) is 2.88. The lowest BCUT2D eigenvalue weighted by molar-refractivity contribution is 0.0524. The smallest absolute Gasteiger partial charge is 0.407 e. The molecule has 0 fully saturated rings. The zero-order chi connectivity index (χ0) is 16.2. The van der Waals surface area contributed by atoms with E-state index in [0.29, 0.717) is 13.0 Å². The van der Waals surface area contributed by atoms with Gasteiger partial charge in [-0.3, -0.25) is 4.98 Å². The molecule has 3 N–H and O–H groups in total. The van der Waals surface area contributed by atoms with Crippen molar-refractivity contribution in [1.82, 2.24) is 15.3 Å². The maximum atomic E-state index is 11.6. The number of alkyl carbamates (subject to hydrolysis) is 1. The second-order valence-corrected chi connectivity index (χ2v) is 6.20. The van der Waals surface area contributed by atoms with Crippen LogP contribution in [0, 0.1) is 0 Å². The van der Waals surface area contributed by atoms with Crippen molar-refractivity contribution in [2.45, 2.75) is 38.8 Å². The van der Waals surface area contributed by atoms with Gasteiger partial charge in [-0.2, -0.15) is 0 Å². The maximum absolute atomic E-state index is 11.6. The Kier molecular flexibility index (Phi) is 4.92. The topological polar surface area (TPSA) is 90.1 Å². The van der Waals surface area contributed by atoms with Crippen LogP contribution in [-0.2, 0) is 11.2 Å². The third kappa shape index (κ3) is 4.96. The minimum absolute atomic E-state index is 0.247. The highest BCUT2D eigenvalue weighted by Crippen LogP contribution is 2.09. The number of benzene rings is 1. The summed E-state index contributed by atoms with van der Waals surface area (Å²) >= 11 is 0. The molecule has 0 aliphatic heterocycles. The Labute approximate surface area is 130 Å². The summed E-state index contributed by atoms with van der Waals surface area (Å²) in [5.41, 5.74) is 8.00. The van der Waals surface area contributed by atoms with Crippen LogP contribution in [0.15, 0.2) is 30.5 Å². The molecule has 22 heavy (non-hydrogen) atoms. The summed E-state index contributed by atoms with van der Waals surface area (Å²) in [6.45, 7) is 5.77. The van der Waals surface area contributed by atoms with Gasteiger partial charge in [0.05, 0.1) is 16.7 Å². The van der Waals surface area contributed by atoms with E-state index in [2.05, 4.69) is 15.3 Å². The highest BCUT2D eigenvalue weighted by molar-refractivity contribution is 5.73. The zero-order valence-electron chi connectivity index (χ0n) is 13.2. The number of carbonyl (C=O) groups excluding carboxylic acids is 1. The molecule has 1 aromatic carbocycles. The molecule has 1 aromatic heterocycles. The van der Waals surface area contributed by atoms with Gasteiger partial charge >= 0.3 is 6.09 Å². The number of rotatable bonds is 4. The number of aromatic nitrogens is 2. The molecule has 1 amide bonds. The van der Waals surface area contributed by atoms with Crippen molar-refractivity contribution in [3.8, 4) is 0 Å². The second kappa shape index (κ2) is 6.70. The Morgan fingerprint density at radius 2 is 2.00 bits per heavy atom. The van der Waals surface area contributed by atoms with Crippen LogP contribution in [0.4, 0.5) is 4.79 Å². The van der Waals surface area contributed by atoms with Crippen molar-refractivity contribution in [2.24, 2.45) is 5.73 Å². The number of nitrogens with two attached hydrogens (primary N) is 1. The van der Waals surface area contributed by atoms with E-state index in [1.165, 1.54) is 0 Å². The van der Waals surface area contributed by atoms with Crippen LogP contribution in [0.5, 0.6) is 0 Å². The average molecular weight is 302 g/mol. The predicted molar refractivity (Wildman–Crippen MR) is 85.5 cm³/mol. The van der Waals surface area contributed by atoms with Crippen LogP contribution in [0.25, 0.3) is 11.0 Å². The maximum Gasteiger partial charge on any atom is 0.407 e. The Morgan fingerprint density at radius 3 is 2.68 bits per heavy atom. The van der Waals surface area contributed by atoms with Gasteiger partial charge in [-0.25, -0.2) is 9.78 Å². The molecule has 2 rings (SSSR count). The molecule has 0 radical (unpaired) electrons. The first-order valence-corrected chi connectivity index (χ1v) is 7.26. The average Bonchev–Trinajstić information content (AvgIpc) is 2.43. The molecule has 1 heterocycles. The number of nitrogens with zero attached hydrogens (tertiary/aromatic N) is 2. The second-order valence-electron chi connectivity index (χ2n) is 6.20. The van der Waals surface area contributed by atoms with Crippen molar-refractivity contribution in [3.63, 3.8) is 0 Å². The summed E-state index contributed by atoms with van der Waals surface area (Å²) < 4.78 is 5.16. The van der Waals surface area contributed by atoms with Gasteiger partial charge in [-0.15, -0.1) is 0 Å². The number of fused-ring (bicyclic) bond motifs is 1. The summed E-state index contributed by atoms with van der Waals surface area (Å²) in [4.78, 5) is 20.4. The quantitative estimate of drug-likeness (QED) is 0.902. The molecular formula is C16H22N4O2. The molecule has 0 saturated carbocycles. The molecule has 0 aliphatic rings. The number of amides is 1. The summed E-state index contributed by atoms with van der Waals surface area (Å²) in [6.07, 6.45) is 1.79. The number of hydrogen-bond donors (Lipinski definition) is 2. The Morgan fingerprint density at radius 1 is 1.32 bits per heavy atom. The van der Waals surface area contributed by atoms with Gasteiger partial charge in [0.1, 0.15) is 5.60 Å². The first-order valence-electron chi connectivity index (χ1n) is 7.26. The molecule has 0 spiro atoms. The number of nitrogens with one attached hydrogen (secondary N) is 1. The van der Waals surface area contributed by atoms with Crippen LogP contribution in [-0.4, -0.2) is 34.2 Å². The normalized spacial score (nSPS) is 12.9. The lowest BCUT2D eigenvalue weighted by Crippen LogP contribution is -2.41. The number of ether oxygens (including phenoxy) is 1. The van der Waals surface area contributed by atoms with E-state index in [4.69, 9.17) is 10.5 Å². The molecule has 2 aromatic rings. The largest absolute Gasteiger partial charge is 0.444 e. The first kappa shape index (κ1) is 16.2. The van der Waals surface area contributed by atoms with Gasteiger partial charge in [0.15, 0.2) is 0 Å². The van der Waals surface area contributed by atoms with Crippen molar-refractivity contribution < 1.29 is 9.53 Å². The van der Waals surface area contributed by atoms with Crippen molar-refractivity contribution in [1.29, 1.82) is 0 Å². The fraction of sp³-hybridized carbons (Fsp3) is 0.438. The molecule has 6 nitrogen and oxygen atoms in total. The highest BCUT2D eigenvalue weighted by Gasteiger charge is 2.16. The van der Waals surface area contributed by atoms with Gasteiger partial charge in [-0.1, -0.05) is 12.1 Å². The molecule has 1 atom stereocenters. The molecule has 0 saturated heterocycles. The minimum Gasteiger partial charge on any atom is -0.444 e. The summed E-state index contributed by atoms with van der Waals surface area (Å²) in [5.74, 6) is 0. The van der Waals surface area contributed by atoms with E-state index in [9.17, 15) is 4.79 Å². The van der Waals surface area contributed by atoms with Crippen molar-refractivity contribution in [3.05, 3.63) is 36.2 Å². The zero-order valence-corrected chi connectivity index (χ0v) is 13.2. The number of hydrogen-bond acceptors (Lipinski definition) is 5. The first-order chi connectivity index (χ1) is 10.3. The summed E-state index contributed by atoms with van der Waals surface area (Å²) in [6, 6.07) is 7.42. The van der Waals surface area contributed by atoms with Crippen LogP contribution in [0.2, 0.25) is 0 Å². The van der Waals surface area contributed by atoms with Crippen molar-refractivity contribution in [2.75, 3.05) is 6.54 Å². The number of para-hydroxylation sites is 2. The Balaban J connectivity index is 1.88. The van der Waals surface area contributed by atoms with Crippen LogP contribution in [0.3, 0.4) is 0 Å². The summed E-state index contributed by atoms with van der Waals surface area (Å²) in [5, 5.41) is 2.66. The lowest BCUT2D eigenvalue weighted by Gasteiger charge is -2.20. The third-order valence-electron chi connectivity index (χ3n) is 2.88. The van der Waals surface area contributed by atoms with Gasteiger partial charge in [-0.05, 0) is 32.9 Å². The van der Waals surface area contributed by atoms with E-state index in [1.54, 1.807) is 6.20 Å².